The van der Waals surface area contributed by atoms with Crippen molar-refractivity contribution in [1.29, 1.82) is 0 Å². The summed E-state index contributed by atoms with van der Waals surface area (Å²) in [6, 6.07) is 6.47. The second-order valence-electron chi connectivity index (χ2n) is 5.78. The number of hydrogen-bond acceptors (Lipinski definition) is 2. The molecule has 3 rings (SSSR count). The van der Waals surface area contributed by atoms with Gasteiger partial charge in [0.2, 0.25) is 0 Å². The van der Waals surface area contributed by atoms with Gasteiger partial charge in [0, 0.05) is 18.2 Å². The summed E-state index contributed by atoms with van der Waals surface area (Å²) in [5.74, 6) is -0.320. The van der Waals surface area contributed by atoms with Gasteiger partial charge in [-0.05, 0) is 30.4 Å². The van der Waals surface area contributed by atoms with Gasteiger partial charge in [-0.3, -0.25) is 4.90 Å². The van der Waals surface area contributed by atoms with Gasteiger partial charge in [-0.25, -0.2) is 9.59 Å². The predicted octanol–water partition coefficient (Wildman–Crippen LogP) is 2.01. The molecule has 1 aromatic carbocycles. The van der Waals surface area contributed by atoms with E-state index < -0.39 is 12.0 Å². The van der Waals surface area contributed by atoms with Crippen molar-refractivity contribution in [3.63, 3.8) is 0 Å². The molecule has 0 spiro atoms. The summed E-state index contributed by atoms with van der Waals surface area (Å²) >= 11 is 0. The molecule has 2 aliphatic rings. The first kappa shape index (κ1) is 13.0. The third-order valence-corrected chi connectivity index (χ3v) is 4.18. The molecular formula is C15H18N2O3. The van der Waals surface area contributed by atoms with E-state index in [0.717, 1.165) is 18.4 Å². The van der Waals surface area contributed by atoms with Crippen LogP contribution in [0.1, 0.15) is 25.3 Å². The molecule has 1 unspecified atom stereocenters. The molecular weight excluding hydrogens is 256 g/mol. The smallest absolute Gasteiger partial charge is 0.327 e. The van der Waals surface area contributed by atoms with Crippen molar-refractivity contribution in [3.05, 3.63) is 29.8 Å². The summed E-state index contributed by atoms with van der Waals surface area (Å²) in [7, 11) is 0. The van der Waals surface area contributed by atoms with Crippen LogP contribution in [-0.4, -0.2) is 29.2 Å². The molecule has 0 aromatic heterocycles. The maximum Gasteiger partial charge on any atom is 0.327 e. The molecule has 1 saturated carbocycles. The number of carboxylic acids is 1. The third-order valence-electron chi connectivity index (χ3n) is 4.18. The highest BCUT2D eigenvalue weighted by Gasteiger charge is 2.39. The van der Waals surface area contributed by atoms with E-state index in [0.29, 0.717) is 18.0 Å². The number of para-hydroxylation sites is 1. The fraction of sp³-hybridized carbons (Fsp3) is 0.467. The van der Waals surface area contributed by atoms with Crippen LogP contribution in [0.3, 0.4) is 0 Å². The Labute approximate surface area is 117 Å². The molecule has 20 heavy (non-hydrogen) atoms. The van der Waals surface area contributed by atoms with E-state index in [9.17, 15) is 14.7 Å². The molecule has 1 aromatic rings. The van der Waals surface area contributed by atoms with E-state index in [1.165, 1.54) is 4.90 Å². The number of fused-ring (bicyclic) bond motifs is 1. The van der Waals surface area contributed by atoms with Gasteiger partial charge >= 0.3 is 12.0 Å². The molecule has 1 fully saturated rings. The van der Waals surface area contributed by atoms with Crippen molar-refractivity contribution in [2.24, 2.45) is 5.92 Å². The number of aliphatic carboxylic acids is 1. The number of amides is 2. The fourth-order valence-electron chi connectivity index (χ4n) is 3.10. The van der Waals surface area contributed by atoms with Crippen molar-refractivity contribution in [2.45, 2.75) is 38.3 Å². The largest absolute Gasteiger partial charge is 0.480 e. The van der Waals surface area contributed by atoms with Crippen LogP contribution < -0.4 is 10.2 Å². The SMILES string of the molecule is CC1CC(NC(=O)N2c3ccccc3CC2C(=O)O)C1. The summed E-state index contributed by atoms with van der Waals surface area (Å²) < 4.78 is 0. The Kier molecular flexibility index (Phi) is 3.12. The summed E-state index contributed by atoms with van der Waals surface area (Å²) in [4.78, 5) is 25.2. The molecule has 0 saturated heterocycles. The minimum Gasteiger partial charge on any atom is -0.480 e. The normalized spacial score (nSPS) is 27.6. The van der Waals surface area contributed by atoms with E-state index in [4.69, 9.17) is 0 Å². The lowest BCUT2D eigenvalue weighted by molar-refractivity contribution is -0.138. The van der Waals surface area contributed by atoms with Crippen molar-refractivity contribution in [1.82, 2.24) is 5.32 Å². The Bertz CT molecular complexity index is 552. The second kappa shape index (κ2) is 4.81. The van der Waals surface area contributed by atoms with Crippen LogP contribution >= 0.6 is 0 Å². The zero-order valence-corrected chi connectivity index (χ0v) is 11.4. The summed E-state index contributed by atoms with van der Waals surface area (Å²) in [5.41, 5.74) is 1.63. The number of hydrogen-bond donors (Lipinski definition) is 2. The van der Waals surface area contributed by atoms with Crippen molar-refractivity contribution in [3.8, 4) is 0 Å². The number of nitrogens with zero attached hydrogens (tertiary/aromatic N) is 1. The molecule has 0 radical (unpaired) electrons. The molecule has 2 N–H and O–H groups in total. The number of rotatable bonds is 2. The van der Waals surface area contributed by atoms with Gasteiger partial charge in [0.05, 0.1) is 0 Å². The number of carbonyl (C=O) groups excluding carboxylic acids is 1. The molecule has 0 bridgehead atoms. The monoisotopic (exact) mass is 274 g/mol. The van der Waals surface area contributed by atoms with Gasteiger partial charge < -0.3 is 10.4 Å². The maximum atomic E-state index is 12.4. The van der Waals surface area contributed by atoms with Gasteiger partial charge in [-0.15, -0.1) is 0 Å². The third kappa shape index (κ3) is 2.13. The minimum absolute atomic E-state index is 0.180. The lowest BCUT2D eigenvalue weighted by atomic mass is 9.82. The average Bonchev–Trinajstić information content (AvgIpc) is 2.76. The van der Waals surface area contributed by atoms with E-state index in [1.54, 1.807) is 6.07 Å². The molecule has 1 atom stereocenters. The minimum atomic E-state index is -0.960. The molecule has 1 aliphatic carbocycles. The van der Waals surface area contributed by atoms with E-state index in [1.807, 2.05) is 18.2 Å². The van der Waals surface area contributed by atoms with Crippen LogP contribution in [0.2, 0.25) is 0 Å². The topological polar surface area (TPSA) is 69.6 Å². The highest BCUT2D eigenvalue weighted by molar-refractivity contribution is 6.01. The summed E-state index contributed by atoms with van der Waals surface area (Å²) in [6.07, 6.45) is 2.32. The van der Waals surface area contributed by atoms with Gasteiger partial charge in [0.25, 0.3) is 0 Å². The number of urea groups is 1. The molecule has 106 valence electrons. The zero-order chi connectivity index (χ0) is 14.3. The van der Waals surface area contributed by atoms with Gasteiger partial charge in [0.15, 0.2) is 0 Å². The second-order valence-corrected chi connectivity index (χ2v) is 5.78. The Morgan fingerprint density at radius 1 is 1.30 bits per heavy atom. The van der Waals surface area contributed by atoms with Crippen LogP contribution in [-0.2, 0) is 11.2 Å². The van der Waals surface area contributed by atoms with Crippen LogP contribution in [0.25, 0.3) is 0 Å². The van der Waals surface area contributed by atoms with Gasteiger partial charge in [0.1, 0.15) is 6.04 Å². The van der Waals surface area contributed by atoms with Crippen molar-refractivity contribution < 1.29 is 14.7 Å². The first-order chi connectivity index (χ1) is 9.56. The number of benzene rings is 1. The fourth-order valence-corrected chi connectivity index (χ4v) is 3.10. The predicted molar refractivity (Wildman–Crippen MR) is 74.8 cm³/mol. The molecule has 1 heterocycles. The Morgan fingerprint density at radius 2 is 2.00 bits per heavy atom. The first-order valence-corrected chi connectivity index (χ1v) is 6.96. The van der Waals surface area contributed by atoms with E-state index in [-0.39, 0.29) is 12.1 Å². The molecule has 5 nitrogen and oxygen atoms in total. The van der Waals surface area contributed by atoms with Crippen molar-refractivity contribution in [2.75, 3.05) is 4.90 Å². The van der Waals surface area contributed by atoms with E-state index in [2.05, 4.69) is 12.2 Å². The van der Waals surface area contributed by atoms with Crippen LogP contribution in [0, 0.1) is 5.92 Å². The zero-order valence-electron chi connectivity index (χ0n) is 11.4. The summed E-state index contributed by atoms with van der Waals surface area (Å²) in [6.45, 7) is 2.15. The summed E-state index contributed by atoms with van der Waals surface area (Å²) in [5, 5.41) is 12.3. The van der Waals surface area contributed by atoms with Gasteiger partial charge in [-0.1, -0.05) is 25.1 Å². The Balaban J connectivity index is 1.81. The van der Waals surface area contributed by atoms with Crippen LogP contribution in [0.5, 0.6) is 0 Å². The van der Waals surface area contributed by atoms with Crippen LogP contribution in [0.4, 0.5) is 10.5 Å². The highest BCUT2D eigenvalue weighted by Crippen LogP contribution is 2.33. The Morgan fingerprint density at radius 3 is 2.65 bits per heavy atom. The standard InChI is InChI=1S/C15H18N2O3/c1-9-6-11(7-9)16-15(20)17-12-5-3-2-4-10(12)8-13(17)14(18)19/h2-5,9,11,13H,6-8H2,1H3,(H,16,20)(H,18,19). The maximum absolute atomic E-state index is 12.4. The first-order valence-electron chi connectivity index (χ1n) is 6.96. The van der Waals surface area contributed by atoms with E-state index >= 15 is 0 Å². The number of nitrogens with one attached hydrogen (secondary N) is 1. The number of carboxylic acid groups (broad SMARTS) is 1. The number of carbonyl (C=O) groups is 2. The lowest BCUT2D eigenvalue weighted by Crippen LogP contribution is -2.53. The molecule has 2 amide bonds. The lowest BCUT2D eigenvalue weighted by Gasteiger charge is -2.35. The molecule has 1 aliphatic heterocycles. The highest BCUT2D eigenvalue weighted by atomic mass is 16.4. The Hall–Kier alpha value is -2.04. The quantitative estimate of drug-likeness (QED) is 0.866. The average molecular weight is 274 g/mol. The number of anilines is 1. The molecule has 5 heteroatoms. The van der Waals surface area contributed by atoms with Crippen molar-refractivity contribution >= 4 is 17.7 Å². The van der Waals surface area contributed by atoms with Crippen LogP contribution in [0.15, 0.2) is 24.3 Å². The van der Waals surface area contributed by atoms with Gasteiger partial charge in [-0.2, -0.15) is 0 Å².